The van der Waals surface area contributed by atoms with Crippen LogP contribution in [-0.2, 0) is 9.47 Å². The molecule has 1 aliphatic rings. The van der Waals surface area contributed by atoms with Gasteiger partial charge in [-0.15, -0.1) is 0 Å². The summed E-state index contributed by atoms with van der Waals surface area (Å²) < 4.78 is 10.0. The van der Waals surface area contributed by atoms with Gasteiger partial charge in [-0.05, 0) is 36.4 Å². The maximum atomic E-state index is 12.7. The van der Waals surface area contributed by atoms with Crippen molar-refractivity contribution < 1.29 is 19.1 Å². The normalized spacial score (nSPS) is 14.0. The van der Waals surface area contributed by atoms with E-state index < -0.39 is 5.97 Å². The van der Waals surface area contributed by atoms with E-state index in [2.05, 4.69) is 15.0 Å². The predicted octanol–water partition coefficient (Wildman–Crippen LogP) is 1.96. The summed E-state index contributed by atoms with van der Waals surface area (Å²) in [4.78, 5) is 30.5. The van der Waals surface area contributed by atoms with E-state index in [9.17, 15) is 9.59 Å². The van der Waals surface area contributed by atoms with Gasteiger partial charge in [0.05, 0.1) is 31.5 Å². The van der Waals surface area contributed by atoms with Crippen LogP contribution in [-0.4, -0.2) is 50.3 Å². The molecule has 1 N–H and O–H groups in total. The molecule has 25 heavy (non-hydrogen) atoms. The summed E-state index contributed by atoms with van der Waals surface area (Å²) in [6.07, 6.45) is 1.67. The Hall–Kier alpha value is -2.93. The second kappa shape index (κ2) is 7.76. The second-order valence-electron chi connectivity index (χ2n) is 5.50. The molecule has 0 aliphatic carbocycles. The van der Waals surface area contributed by atoms with Crippen LogP contribution in [0.3, 0.4) is 0 Å². The second-order valence-corrected chi connectivity index (χ2v) is 5.50. The summed E-state index contributed by atoms with van der Waals surface area (Å²) in [5.74, 6) is -0.0189. The van der Waals surface area contributed by atoms with Crippen molar-refractivity contribution in [2.24, 2.45) is 0 Å². The highest BCUT2D eigenvalue weighted by molar-refractivity contribution is 6.07. The Labute approximate surface area is 145 Å². The lowest BCUT2D eigenvalue weighted by atomic mass is 10.2. The highest BCUT2D eigenvalue weighted by Gasteiger charge is 2.20. The smallest absolute Gasteiger partial charge is 0.337 e. The summed E-state index contributed by atoms with van der Waals surface area (Å²) in [5, 5.41) is 2.83. The highest BCUT2D eigenvalue weighted by atomic mass is 16.5. The molecule has 1 saturated heterocycles. The lowest BCUT2D eigenvalue weighted by Crippen LogP contribution is -2.38. The third-order valence-electron chi connectivity index (χ3n) is 3.91. The van der Waals surface area contributed by atoms with E-state index in [0.29, 0.717) is 48.9 Å². The molecule has 130 valence electrons. The van der Waals surface area contributed by atoms with Gasteiger partial charge in [0.15, 0.2) is 0 Å². The number of nitrogens with zero attached hydrogens (tertiary/aromatic N) is 2. The molecule has 1 aromatic heterocycles. The number of methoxy groups -OCH3 is 1. The fourth-order valence-electron chi connectivity index (χ4n) is 2.61. The van der Waals surface area contributed by atoms with Crippen LogP contribution < -0.4 is 10.2 Å². The Bertz CT molecular complexity index is 755. The van der Waals surface area contributed by atoms with E-state index in [1.54, 1.807) is 42.6 Å². The van der Waals surface area contributed by atoms with Gasteiger partial charge in [-0.2, -0.15) is 0 Å². The number of hydrogen-bond acceptors (Lipinski definition) is 6. The van der Waals surface area contributed by atoms with Crippen LogP contribution in [0.25, 0.3) is 0 Å². The quantitative estimate of drug-likeness (QED) is 0.856. The van der Waals surface area contributed by atoms with Gasteiger partial charge >= 0.3 is 5.97 Å². The topological polar surface area (TPSA) is 80.8 Å². The van der Waals surface area contributed by atoms with Crippen molar-refractivity contribution in [1.82, 2.24) is 4.98 Å². The molecule has 2 heterocycles. The zero-order chi connectivity index (χ0) is 17.6. The predicted molar refractivity (Wildman–Crippen MR) is 93.0 cm³/mol. The summed E-state index contributed by atoms with van der Waals surface area (Å²) >= 11 is 0. The average molecular weight is 341 g/mol. The van der Waals surface area contributed by atoms with Crippen LogP contribution in [0.2, 0.25) is 0 Å². The van der Waals surface area contributed by atoms with Crippen molar-refractivity contribution in [2.75, 3.05) is 43.6 Å². The van der Waals surface area contributed by atoms with Gasteiger partial charge in [-0.25, -0.2) is 9.78 Å². The maximum absolute atomic E-state index is 12.7. The number of benzene rings is 1. The minimum absolute atomic E-state index is 0.250. The Balaban J connectivity index is 1.76. The van der Waals surface area contributed by atoms with Crippen LogP contribution in [0, 0.1) is 0 Å². The molecule has 0 unspecified atom stereocenters. The molecule has 7 nitrogen and oxygen atoms in total. The summed E-state index contributed by atoms with van der Waals surface area (Å²) in [5.41, 5.74) is 1.52. The maximum Gasteiger partial charge on any atom is 0.337 e. The van der Waals surface area contributed by atoms with E-state index in [1.165, 1.54) is 7.11 Å². The molecule has 0 atom stereocenters. The van der Waals surface area contributed by atoms with E-state index in [1.807, 2.05) is 4.90 Å². The lowest BCUT2D eigenvalue weighted by molar-refractivity contribution is 0.0600. The van der Waals surface area contributed by atoms with Crippen molar-refractivity contribution >= 4 is 23.4 Å². The SMILES string of the molecule is COC(=O)c1ccc(NC(=O)c2cccnc2N2CCOCC2)cc1. The molecule has 3 rings (SSSR count). The molecule has 0 saturated carbocycles. The highest BCUT2D eigenvalue weighted by Crippen LogP contribution is 2.20. The number of morpholine rings is 1. The number of amides is 1. The van der Waals surface area contributed by atoms with Crippen LogP contribution in [0.15, 0.2) is 42.6 Å². The number of pyridine rings is 1. The molecule has 1 aliphatic heterocycles. The fourth-order valence-corrected chi connectivity index (χ4v) is 2.61. The molecule has 0 spiro atoms. The van der Waals surface area contributed by atoms with Crippen molar-refractivity contribution in [2.45, 2.75) is 0 Å². The van der Waals surface area contributed by atoms with Crippen molar-refractivity contribution in [3.8, 4) is 0 Å². The molecular weight excluding hydrogens is 322 g/mol. The minimum Gasteiger partial charge on any atom is -0.465 e. The largest absolute Gasteiger partial charge is 0.465 e. The van der Waals surface area contributed by atoms with Gasteiger partial charge in [-0.3, -0.25) is 4.79 Å². The monoisotopic (exact) mass is 341 g/mol. The standard InChI is InChI=1S/C18H19N3O4/c1-24-18(23)13-4-6-14(7-5-13)20-17(22)15-3-2-8-19-16(15)21-9-11-25-12-10-21/h2-8H,9-12H2,1H3,(H,20,22). The molecule has 1 aromatic carbocycles. The Morgan fingerprint density at radius 2 is 1.88 bits per heavy atom. The zero-order valence-corrected chi connectivity index (χ0v) is 13.9. The zero-order valence-electron chi connectivity index (χ0n) is 13.9. The van der Waals surface area contributed by atoms with E-state index in [4.69, 9.17) is 4.74 Å². The summed E-state index contributed by atoms with van der Waals surface area (Å²) in [6.45, 7) is 2.63. The Morgan fingerprint density at radius 1 is 1.16 bits per heavy atom. The first kappa shape index (κ1) is 16.9. The van der Waals surface area contributed by atoms with E-state index in [-0.39, 0.29) is 5.91 Å². The van der Waals surface area contributed by atoms with Gasteiger partial charge in [0, 0.05) is 25.0 Å². The van der Waals surface area contributed by atoms with Crippen molar-refractivity contribution in [1.29, 1.82) is 0 Å². The van der Waals surface area contributed by atoms with Crippen molar-refractivity contribution in [3.05, 3.63) is 53.7 Å². The first-order valence-electron chi connectivity index (χ1n) is 7.96. The van der Waals surface area contributed by atoms with Crippen LogP contribution >= 0.6 is 0 Å². The fraction of sp³-hybridized carbons (Fsp3) is 0.278. The summed E-state index contributed by atoms with van der Waals surface area (Å²) in [6, 6.07) is 10.0. The van der Waals surface area contributed by atoms with Gasteiger partial charge in [0.1, 0.15) is 5.82 Å². The molecule has 0 bridgehead atoms. The van der Waals surface area contributed by atoms with Crippen LogP contribution in [0.4, 0.5) is 11.5 Å². The van der Waals surface area contributed by atoms with Gasteiger partial charge < -0.3 is 19.7 Å². The third-order valence-corrected chi connectivity index (χ3v) is 3.91. The van der Waals surface area contributed by atoms with Crippen molar-refractivity contribution in [3.63, 3.8) is 0 Å². The number of esters is 1. The van der Waals surface area contributed by atoms with Gasteiger partial charge in [0.2, 0.25) is 0 Å². The molecule has 7 heteroatoms. The van der Waals surface area contributed by atoms with Gasteiger partial charge in [0.25, 0.3) is 5.91 Å². The van der Waals surface area contributed by atoms with Gasteiger partial charge in [-0.1, -0.05) is 0 Å². The number of carbonyl (C=O) groups excluding carboxylic acids is 2. The third kappa shape index (κ3) is 3.95. The van der Waals surface area contributed by atoms with Crippen LogP contribution in [0.5, 0.6) is 0 Å². The Kier molecular flexibility index (Phi) is 5.25. The Morgan fingerprint density at radius 3 is 2.56 bits per heavy atom. The summed E-state index contributed by atoms with van der Waals surface area (Å²) in [7, 11) is 1.33. The number of anilines is 2. The minimum atomic E-state index is -0.417. The number of aromatic nitrogens is 1. The number of nitrogens with one attached hydrogen (secondary N) is 1. The first-order chi connectivity index (χ1) is 12.2. The molecular formula is C18H19N3O4. The molecule has 1 fully saturated rings. The first-order valence-corrected chi connectivity index (χ1v) is 7.96. The number of carbonyl (C=O) groups is 2. The number of rotatable bonds is 4. The molecule has 1 amide bonds. The van der Waals surface area contributed by atoms with E-state index >= 15 is 0 Å². The van der Waals surface area contributed by atoms with E-state index in [0.717, 1.165) is 0 Å². The van der Waals surface area contributed by atoms with Crippen LogP contribution in [0.1, 0.15) is 20.7 Å². The molecule has 2 aromatic rings. The number of ether oxygens (including phenoxy) is 2. The number of hydrogen-bond donors (Lipinski definition) is 1. The average Bonchev–Trinajstić information content (AvgIpc) is 2.68. The lowest BCUT2D eigenvalue weighted by Gasteiger charge is -2.29. The molecule has 0 radical (unpaired) electrons.